The van der Waals surface area contributed by atoms with Gasteiger partial charge in [-0.3, -0.25) is 0 Å². The van der Waals surface area contributed by atoms with E-state index in [-0.39, 0.29) is 23.7 Å². The van der Waals surface area contributed by atoms with E-state index in [1.54, 1.807) is 56.9 Å². The fourth-order valence-corrected chi connectivity index (χ4v) is 10.5. The Balaban J connectivity index is 4.75. The van der Waals surface area contributed by atoms with E-state index in [4.69, 9.17) is 42.6 Å². The standard InChI is InChI=1S/C22H54O9Si4/c1-23-19(24-2)32-13-9-11-17(34-21(27-5)28-6)15-31-16-18(35-22(29-7)30-8)12-10-14-33-20(25-3)26-4/h17-22H,9-16,32-35H2,1-8H3. The molecule has 0 aromatic rings. The minimum Gasteiger partial charge on any atom is -0.382 e. The highest BCUT2D eigenvalue weighted by Crippen LogP contribution is 2.21. The molecule has 0 saturated heterocycles. The molecule has 212 valence electrons. The van der Waals surface area contributed by atoms with Crippen molar-refractivity contribution in [2.24, 2.45) is 0 Å². The molecule has 2 unspecified atom stereocenters. The van der Waals surface area contributed by atoms with Gasteiger partial charge in [-0.15, -0.1) is 0 Å². The molecule has 0 fully saturated rings. The van der Waals surface area contributed by atoms with Crippen LogP contribution in [0.15, 0.2) is 0 Å². The molecule has 9 nitrogen and oxygen atoms in total. The van der Waals surface area contributed by atoms with Crippen molar-refractivity contribution in [1.82, 2.24) is 0 Å². The Kier molecular flexibility index (Phi) is 25.2. The first kappa shape index (κ1) is 35.5. The van der Waals surface area contributed by atoms with E-state index >= 15 is 0 Å². The molecule has 0 saturated carbocycles. The molecule has 0 aliphatic rings. The normalized spacial score (nSPS) is 15.4. The summed E-state index contributed by atoms with van der Waals surface area (Å²) in [6.07, 6.45) is 4.64. The lowest BCUT2D eigenvalue weighted by Gasteiger charge is -2.24. The number of hydrogen-bond donors (Lipinski definition) is 0. The molecule has 0 spiro atoms. The van der Waals surface area contributed by atoms with Gasteiger partial charge in [0.2, 0.25) is 0 Å². The van der Waals surface area contributed by atoms with Crippen LogP contribution in [0.2, 0.25) is 23.2 Å². The Labute approximate surface area is 223 Å². The number of ether oxygens (including phenoxy) is 9. The van der Waals surface area contributed by atoms with Crippen LogP contribution in [0.3, 0.4) is 0 Å². The van der Waals surface area contributed by atoms with Crippen molar-refractivity contribution in [3.63, 3.8) is 0 Å². The van der Waals surface area contributed by atoms with Gasteiger partial charge < -0.3 is 42.6 Å². The van der Waals surface area contributed by atoms with Crippen molar-refractivity contribution in [1.29, 1.82) is 0 Å². The van der Waals surface area contributed by atoms with Crippen LogP contribution in [-0.4, -0.2) is 132 Å². The summed E-state index contributed by atoms with van der Waals surface area (Å²) in [6.45, 7) is 1.55. The second-order valence-corrected chi connectivity index (χ2v) is 17.4. The van der Waals surface area contributed by atoms with Crippen molar-refractivity contribution in [3.8, 4) is 0 Å². The molecule has 0 amide bonds. The molecule has 13 heteroatoms. The Morgan fingerprint density at radius 1 is 0.457 bits per heavy atom. The molecule has 0 radical (unpaired) electrons. The Bertz CT molecular complexity index is 403. The van der Waals surface area contributed by atoms with Gasteiger partial charge in [0.25, 0.3) is 0 Å². The molecule has 0 aromatic heterocycles. The van der Waals surface area contributed by atoms with Gasteiger partial charge in [-0.1, -0.05) is 37.8 Å². The van der Waals surface area contributed by atoms with Crippen LogP contribution in [-0.2, 0) is 42.6 Å². The zero-order valence-corrected chi connectivity index (χ0v) is 29.3. The van der Waals surface area contributed by atoms with Crippen LogP contribution in [0.25, 0.3) is 0 Å². The minimum absolute atomic E-state index is 0.0130. The second kappa shape index (κ2) is 24.8. The number of rotatable bonds is 26. The molecule has 0 heterocycles. The molecular formula is C22H54O9Si4. The highest BCUT2D eigenvalue weighted by atomic mass is 28.2. The average molecular weight is 575 g/mol. The minimum atomic E-state index is -0.605. The number of methoxy groups -OCH3 is 8. The summed E-state index contributed by atoms with van der Waals surface area (Å²) in [6, 6.07) is 2.41. The molecule has 0 aliphatic carbocycles. The largest absolute Gasteiger partial charge is 0.382 e. The smallest absolute Gasteiger partial charge is 0.134 e. The van der Waals surface area contributed by atoms with Gasteiger partial charge in [-0.25, -0.2) is 0 Å². The first-order chi connectivity index (χ1) is 17.0. The molecule has 0 N–H and O–H groups in total. The fourth-order valence-electron chi connectivity index (χ4n) is 4.21. The third-order valence-corrected chi connectivity index (χ3v) is 15.3. The Morgan fingerprint density at radius 2 is 0.771 bits per heavy atom. The van der Waals surface area contributed by atoms with Crippen LogP contribution in [0.1, 0.15) is 25.7 Å². The molecule has 2 atom stereocenters. The lowest BCUT2D eigenvalue weighted by Crippen LogP contribution is -2.30. The summed E-state index contributed by atoms with van der Waals surface area (Å²) >= 11 is 0. The fraction of sp³-hybridized carbons (Fsp3) is 1.00. The maximum absolute atomic E-state index is 6.35. The first-order valence-electron chi connectivity index (χ1n) is 12.8. The van der Waals surface area contributed by atoms with Crippen LogP contribution in [0, 0.1) is 0 Å². The maximum atomic E-state index is 6.35. The Hall–Kier alpha value is 0.508. The van der Waals surface area contributed by atoms with E-state index in [0.717, 1.165) is 26.1 Å². The summed E-state index contributed by atoms with van der Waals surface area (Å²) in [5, 5.41) is 0. The van der Waals surface area contributed by atoms with E-state index in [1.807, 2.05) is 0 Å². The molecule has 0 rings (SSSR count). The molecule has 0 aromatic carbocycles. The maximum Gasteiger partial charge on any atom is 0.134 e. The molecule has 35 heavy (non-hydrogen) atoms. The molecule has 0 bridgehead atoms. The second-order valence-electron chi connectivity index (χ2n) is 8.91. The van der Waals surface area contributed by atoms with E-state index < -0.39 is 38.1 Å². The summed E-state index contributed by atoms with van der Waals surface area (Å²) in [5.41, 5.74) is 1.05. The number of hydrogen-bond acceptors (Lipinski definition) is 9. The molecular weight excluding hydrogens is 521 g/mol. The summed E-state index contributed by atoms with van der Waals surface area (Å²) in [4.78, 5) is 0. The first-order valence-corrected chi connectivity index (χ1v) is 19.7. The summed E-state index contributed by atoms with van der Waals surface area (Å²) in [7, 11) is 11.8. The lowest BCUT2D eigenvalue weighted by molar-refractivity contribution is -0.0467. The SMILES string of the molecule is COC(OC)[SiH2]CCCC(COCC(CCC[SiH2]C(OC)OC)[SiH2]C(OC)OC)[SiH2]C(OC)OC. The predicted octanol–water partition coefficient (Wildman–Crippen LogP) is -0.0422. The van der Waals surface area contributed by atoms with Crippen molar-refractivity contribution in [3.05, 3.63) is 0 Å². The van der Waals surface area contributed by atoms with E-state index in [9.17, 15) is 0 Å². The highest BCUT2D eigenvalue weighted by Gasteiger charge is 2.21. The third kappa shape index (κ3) is 18.4. The van der Waals surface area contributed by atoms with Crippen molar-refractivity contribution in [2.45, 2.75) is 72.5 Å². The average Bonchev–Trinajstić information content (AvgIpc) is 2.89. The van der Waals surface area contributed by atoms with Gasteiger partial charge in [-0.05, 0) is 11.1 Å². The van der Waals surface area contributed by atoms with Gasteiger partial charge in [0.05, 0.1) is 38.1 Å². The van der Waals surface area contributed by atoms with Crippen molar-refractivity contribution >= 4 is 38.1 Å². The van der Waals surface area contributed by atoms with Gasteiger partial charge >= 0.3 is 0 Å². The highest BCUT2D eigenvalue weighted by molar-refractivity contribution is 6.39. The Morgan fingerprint density at radius 3 is 1.06 bits per heavy atom. The van der Waals surface area contributed by atoms with Gasteiger partial charge in [0.1, 0.15) is 23.7 Å². The monoisotopic (exact) mass is 574 g/mol. The van der Waals surface area contributed by atoms with E-state index in [2.05, 4.69) is 0 Å². The van der Waals surface area contributed by atoms with E-state index in [0.29, 0.717) is 11.1 Å². The summed E-state index contributed by atoms with van der Waals surface area (Å²) < 4.78 is 50.0. The van der Waals surface area contributed by atoms with E-state index in [1.165, 1.54) is 24.9 Å². The lowest BCUT2D eigenvalue weighted by atomic mass is 10.2. The zero-order chi connectivity index (χ0) is 26.3. The van der Waals surface area contributed by atoms with Crippen molar-refractivity contribution in [2.75, 3.05) is 70.1 Å². The molecule has 0 aliphatic heterocycles. The van der Waals surface area contributed by atoms with Crippen LogP contribution < -0.4 is 0 Å². The zero-order valence-electron chi connectivity index (χ0n) is 23.6. The predicted molar refractivity (Wildman–Crippen MR) is 152 cm³/mol. The van der Waals surface area contributed by atoms with Gasteiger partial charge in [0.15, 0.2) is 0 Å². The van der Waals surface area contributed by atoms with Crippen LogP contribution >= 0.6 is 0 Å². The van der Waals surface area contributed by atoms with Crippen molar-refractivity contribution < 1.29 is 42.6 Å². The van der Waals surface area contributed by atoms with Crippen LogP contribution in [0.5, 0.6) is 0 Å². The van der Waals surface area contributed by atoms with Crippen LogP contribution in [0.4, 0.5) is 0 Å². The third-order valence-electron chi connectivity index (χ3n) is 6.47. The van der Waals surface area contributed by atoms with Gasteiger partial charge in [0, 0.05) is 70.1 Å². The quantitative estimate of drug-likeness (QED) is 0.0803. The summed E-state index contributed by atoms with van der Waals surface area (Å²) in [5.74, 6) is -0.108. The van der Waals surface area contributed by atoms with Gasteiger partial charge in [-0.2, -0.15) is 0 Å². The topological polar surface area (TPSA) is 83.1 Å².